The predicted molar refractivity (Wildman–Crippen MR) is 72.1 cm³/mol. The molecule has 1 atom stereocenters. The SMILES string of the molecule is Cc1cccc(S(=O)(=O)NCC2CC(=O)N(C)C2)c1. The Morgan fingerprint density at radius 2 is 2.16 bits per heavy atom. The second-order valence-electron chi connectivity index (χ2n) is 5.01. The third-order valence-corrected chi connectivity index (χ3v) is 4.70. The summed E-state index contributed by atoms with van der Waals surface area (Å²) in [6, 6.07) is 6.77. The van der Waals surface area contributed by atoms with Gasteiger partial charge in [-0.3, -0.25) is 4.79 Å². The van der Waals surface area contributed by atoms with Crippen molar-refractivity contribution in [3.8, 4) is 0 Å². The first-order valence-corrected chi connectivity index (χ1v) is 7.67. The zero-order valence-electron chi connectivity index (χ0n) is 11.1. The summed E-state index contributed by atoms with van der Waals surface area (Å²) in [4.78, 5) is 13.3. The number of carbonyl (C=O) groups excluding carboxylic acids is 1. The number of nitrogens with one attached hydrogen (secondary N) is 1. The van der Waals surface area contributed by atoms with Gasteiger partial charge in [-0.15, -0.1) is 0 Å². The second-order valence-corrected chi connectivity index (χ2v) is 6.78. The van der Waals surface area contributed by atoms with Gasteiger partial charge in [0, 0.05) is 26.6 Å². The number of carbonyl (C=O) groups is 1. The molecule has 1 aromatic rings. The smallest absolute Gasteiger partial charge is 0.240 e. The number of amides is 1. The van der Waals surface area contributed by atoms with Crippen LogP contribution >= 0.6 is 0 Å². The molecule has 6 heteroatoms. The van der Waals surface area contributed by atoms with Crippen LogP contribution in [0.15, 0.2) is 29.2 Å². The van der Waals surface area contributed by atoms with Gasteiger partial charge in [-0.1, -0.05) is 12.1 Å². The minimum atomic E-state index is -3.49. The van der Waals surface area contributed by atoms with Crippen LogP contribution in [0.2, 0.25) is 0 Å². The molecule has 0 aromatic heterocycles. The molecule has 0 saturated carbocycles. The highest BCUT2D eigenvalue weighted by atomic mass is 32.2. The van der Waals surface area contributed by atoms with E-state index < -0.39 is 10.0 Å². The minimum Gasteiger partial charge on any atom is -0.345 e. The van der Waals surface area contributed by atoms with Crippen molar-refractivity contribution in [3.05, 3.63) is 29.8 Å². The van der Waals surface area contributed by atoms with Gasteiger partial charge in [0.2, 0.25) is 15.9 Å². The molecule has 0 radical (unpaired) electrons. The number of benzene rings is 1. The summed E-state index contributed by atoms with van der Waals surface area (Å²) < 4.78 is 26.8. The van der Waals surface area contributed by atoms with Crippen LogP contribution in [0.25, 0.3) is 0 Å². The predicted octanol–water partition coefficient (Wildman–Crippen LogP) is 0.752. The van der Waals surface area contributed by atoms with Gasteiger partial charge >= 0.3 is 0 Å². The molecule has 19 heavy (non-hydrogen) atoms. The lowest BCUT2D eigenvalue weighted by molar-refractivity contribution is -0.126. The Labute approximate surface area is 113 Å². The zero-order valence-corrected chi connectivity index (χ0v) is 11.9. The molecule has 1 unspecified atom stereocenters. The van der Waals surface area contributed by atoms with E-state index in [9.17, 15) is 13.2 Å². The maximum Gasteiger partial charge on any atom is 0.240 e. The van der Waals surface area contributed by atoms with Crippen molar-refractivity contribution in [3.63, 3.8) is 0 Å². The molecule has 104 valence electrons. The van der Waals surface area contributed by atoms with E-state index in [-0.39, 0.29) is 16.7 Å². The maximum absolute atomic E-state index is 12.1. The van der Waals surface area contributed by atoms with Crippen LogP contribution in [0, 0.1) is 12.8 Å². The first-order valence-electron chi connectivity index (χ1n) is 6.19. The molecule has 0 spiro atoms. The van der Waals surface area contributed by atoms with E-state index in [4.69, 9.17) is 0 Å². The summed E-state index contributed by atoms with van der Waals surface area (Å²) in [5.41, 5.74) is 0.902. The lowest BCUT2D eigenvalue weighted by Gasteiger charge is -2.12. The Morgan fingerprint density at radius 3 is 2.74 bits per heavy atom. The Kier molecular flexibility index (Phi) is 3.91. The van der Waals surface area contributed by atoms with Gasteiger partial charge in [0.25, 0.3) is 0 Å². The normalized spacial score (nSPS) is 20.0. The van der Waals surface area contributed by atoms with Crippen molar-refractivity contribution in [2.24, 2.45) is 5.92 Å². The first-order chi connectivity index (χ1) is 8.88. The molecule has 1 fully saturated rings. The lowest BCUT2D eigenvalue weighted by Crippen LogP contribution is -2.30. The van der Waals surface area contributed by atoms with Crippen LogP contribution in [0.5, 0.6) is 0 Å². The molecule has 1 aliphatic heterocycles. The van der Waals surface area contributed by atoms with Crippen molar-refractivity contribution in [1.82, 2.24) is 9.62 Å². The van der Waals surface area contributed by atoms with Crippen molar-refractivity contribution in [2.45, 2.75) is 18.2 Å². The fraction of sp³-hybridized carbons (Fsp3) is 0.462. The van der Waals surface area contributed by atoms with E-state index in [0.29, 0.717) is 19.5 Å². The van der Waals surface area contributed by atoms with Crippen LogP contribution in [0.3, 0.4) is 0 Å². The molecule has 0 bridgehead atoms. The quantitative estimate of drug-likeness (QED) is 0.886. The number of aryl methyl sites for hydroxylation is 1. The van der Waals surface area contributed by atoms with Gasteiger partial charge in [-0.2, -0.15) is 0 Å². The summed E-state index contributed by atoms with van der Waals surface area (Å²) in [6.07, 6.45) is 0.410. The van der Waals surface area contributed by atoms with Crippen LogP contribution in [0.4, 0.5) is 0 Å². The van der Waals surface area contributed by atoms with Gasteiger partial charge in [0.15, 0.2) is 0 Å². The van der Waals surface area contributed by atoms with E-state index in [1.165, 1.54) is 0 Å². The van der Waals surface area contributed by atoms with Gasteiger partial charge in [-0.25, -0.2) is 13.1 Å². The van der Waals surface area contributed by atoms with Crippen LogP contribution in [-0.4, -0.2) is 39.4 Å². The summed E-state index contributed by atoms with van der Waals surface area (Å²) in [5, 5.41) is 0. The Balaban J connectivity index is 2.01. The maximum atomic E-state index is 12.1. The van der Waals surface area contributed by atoms with Crippen LogP contribution in [0.1, 0.15) is 12.0 Å². The fourth-order valence-corrected chi connectivity index (χ4v) is 3.41. The molecule has 1 amide bonds. The topological polar surface area (TPSA) is 66.5 Å². The molecule has 2 rings (SSSR count). The molecule has 1 heterocycles. The number of rotatable bonds is 4. The number of sulfonamides is 1. The molecule has 1 aromatic carbocycles. The molecule has 1 saturated heterocycles. The second kappa shape index (κ2) is 5.30. The summed E-state index contributed by atoms with van der Waals surface area (Å²) in [6.45, 7) is 2.76. The Morgan fingerprint density at radius 1 is 1.42 bits per heavy atom. The lowest BCUT2D eigenvalue weighted by atomic mass is 10.1. The van der Waals surface area contributed by atoms with Crippen molar-refractivity contribution in [1.29, 1.82) is 0 Å². The summed E-state index contributed by atoms with van der Waals surface area (Å²) >= 11 is 0. The number of hydrogen-bond acceptors (Lipinski definition) is 3. The number of hydrogen-bond donors (Lipinski definition) is 1. The van der Waals surface area contributed by atoms with E-state index in [2.05, 4.69) is 4.72 Å². The van der Waals surface area contributed by atoms with Gasteiger partial charge in [-0.05, 0) is 30.5 Å². The van der Waals surface area contributed by atoms with Crippen molar-refractivity contribution < 1.29 is 13.2 Å². The largest absolute Gasteiger partial charge is 0.345 e. The third kappa shape index (κ3) is 3.33. The molecule has 0 aliphatic carbocycles. The van der Waals surface area contributed by atoms with Gasteiger partial charge in [0.05, 0.1) is 4.90 Å². The van der Waals surface area contributed by atoms with Gasteiger partial charge < -0.3 is 4.90 Å². The molecular weight excluding hydrogens is 264 g/mol. The molecule has 1 aliphatic rings. The first kappa shape index (κ1) is 14.0. The summed E-state index contributed by atoms with van der Waals surface area (Å²) in [5.74, 6) is 0.122. The average molecular weight is 282 g/mol. The van der Waals surface area contributed by atoms with E-state index in [1.807, 2.05) is 13.0 Å². The molecule has 5 nitrogen and oxygen atoms in total. The Hall–Kier alpha value is -1.40. The highest BCUT2D eigenvalue weighted by molar-refractivity contribution is 7.89. The van der Waals surface area contributed by atoms with Crippen LogP contribution in [-0.2, 0) is 14.8 Å². The number of likely N-dealkylation sites (tertiary alicyclic amines) is 1. The van der Waals surface area contributed by atoms with E-state index in [1.54, 1.807) is 30.1 Å². The Bertz CT molecular complexity index is 583. The van der Waals surface area contributed by atoms with Crippen molar-refractivity contribution >= 4 is 15.9 Å². The van der Waals surface area contributed by atoms with Crippen LogP contribution < -0.4 is 4.72 Å². The average Bonchev–Trinajstić information content (AvgIpc) is 2.67. The van der Waals surface area contributed by atoms with Crippen molar-refractivity contribution in [2.75, 3.05) is 20.1 Å². The highest BCUT2D eigenvalue weighted by Crippen LogP contribution is 2.16. The standard InChI is InChI=1S/C13H18N2O3S/c1-10-4-3-5-12(6-10)19(17,18)14-8-11-7-13(16)15(2)9-11/h3-6,11,14H,7-9H2,1-2H3. The summed E-state index contributed by atoms with van der Waals surface area (Å²) in [7, 11) is -1.75. The number of nitrogens with zero attached hydrogens (tertiary/aromatic N) is 1. The zero-order chi connectivity index (χ0) is 14.0. The minimum absolute atomic E-state index is 0.0529. The van der Waals surface area contributed by atoms with E-state index in [0.717, 1.165) is 5.56 Å². The highest BCUT2D eigenvalue weighted by Gasteiger charge is 2.27. The van der Waals surface area contributed by atoms with Gasteiger partial charge in [0.1, 0.15) is 0 Å². The molecular formula is C13H18N2O3S. The van der Waals surface area contributed by atoms with E-state index >= 15 is 0 Å². The fourth-order valence-electron chi connectivity index (χ4n) is 2.19. The third-order valence-electron chi connectivity index (χ3n) is 3.28. The molecule has 1 N–H and O–H groups in total. The monoisotopic (exact) mass is 282 g/mol.